The van der Waals surface area contributed by atoms with Gasteiger partial charge in [-0.05, 0) is 24.3 Å². The maximum Gasteiger partial charge on any atom is 0.267 e. The third kappa shape index (κ3) is 4.31. The lowest BCUT2D eigenvalue weighted by Gasteiger charge is -2.16. The number of nitrogens with zero attached hydrogens (tertiary/aromatic N) is 5. The smallest absolute Gasteiger partial charge is 0.267 e. The van der Waals surface area contributed by atoms with Gasteiger partial charge in [0.25, 0.3) is 12.0 Å². The zero-order valence-corrected chi connectivity index (χ0v) is 18.2. The van der Waals surface area contributed by atoms with Crippen molar-refractivity contribution in [3.8, 4) is 11.8 Å². The van der Waals surface area contributed by atoms with Crippen LogP contribution >= 0.6 is 11.6 Å². The van der Waals surface area contributed by atoms with Crippen LogP contribution in [0.5, 0.6) is 0 Å². The molecule has 0 aliphatic heterocycles. The number of anilines is 3. The second kappa shape index (κ2) is 9.29. The van der Waals surface area contributed by atoms with E-state index in [-0.39, 0.29) is 63.6 Å². The number of nitrogen functional groups attached to an aromatic ring is 2. The van der Waals surface area contributed by atoms with Crippen LogP contribution in [0.2, 0.25) is 5.02 Å². The lowest BCUT2D eigenvalue weighted by molar-refractivity contribution is 0.151. The van der Waals surface area contributed by atoms with Gasteiger partial charge in [0.2, 0.25) is 5.95 Å². The van der Waals surface area contributed by atoms with Gasteiger partial charge in [0.15, 0.2) is 5.82 Å². The molecule has 0 aliphatic carbocycles. The summed E-state index contributed by atoms with van der Waals surface area (Å²) < 4.78 is 27.9. The molecule has 0 fully saturated rings. The Bertz CT molecular complexity index is 1500. The summed E-state index contributed by atoms with van der Waals surface area (Å²) >= 11 is 6.25. The van der Waals surface area contributed by atoms with Gasteiger partial charge in [-0.15, -0.1) is 0 Å². The molecule has 9 nitrogen and oxygen atoms in total. The summed E-state index contributed by atoms with van der Waals surface area (Å²) in [6.07, 6.45) is -2.55. The first kappa shape index (κ1) is 22.9. The molecule has 0 unspecified atom stereocenters. The van der Waals surface area contributed by atoms with Crippen LogP contribution in [0.25, 0.3) is 16.6 Å². The highest BCUT2D eigenvalue weighted by Gasteiger charge is 2.17. The van der Waals surface area contributed by atoms with Crippen molar-refractivity contribution in [3.63, 3.8) is 0 Å². The summed E-state index contributed by atoms with van der Waals surface area (Å²) in [7, 11) is 0. The van der Waals surface area contributed by atoms with E-state index < -0.39 is 12.0 Å². The fourth-order valence-electron chi connectivity index (χ4n) is 3.50. The quantitative estimate of drug-likeness (QED) is 0.378. The molecule has 12 heteroatoms. The molecule has 4 rings (SSSR count). The summed E-state index contributed by atoms with van der Waals surface area (Å²) in [6, 6.07) is 12.2. The SMILES string of the molecule is N#Cc1c(N)nc(N)nc1NCCc1nc2cccc(Cl)c2c(=O)n1-c1cccc(C(F)F)c1. The molecule has 2 aromatic heterocycles. The zero-order chi connectivity index (χ0) is 24.4. The second-order valence-electron chi connectivity index (χ2n) is 7.18. The molecule has 4 aromatic rings. The summed E-state index contributed by atoms with van der Waals surface area (Å²) in [5, 5.41) is 12.6. The van der Waals surface area contributed by atoms with E-state index in [0.29, 0.717) is 5.52 Å². The predicted octanol–water partition coefficient (Wildman–Crippen LogP) is 3.46. The molecule has 172 valence electrons. The maximum absolute atomic E-state index is 13.4. The van der Waals surface area contributed by atoms with Crippen molar-refractivity contribution in [1.29, 1.82) is 5.26 Å². The molecule has 0 amide bonds. The van der Waals surface area contributed by atoms with Crippen molar-refractivity contribution < 1.29 is 8.78 Å². The highest BCUT2D eigenvalue weighted by Crippen LogP contribution is 2.24. The van der Waals surface area contributed by atoms with Crippen molar-refractivity contribution in [1.82, 2.24) is 19.5 Å². The van der Waals surface area contributed by atoms with Gasteiger partial charge in [0.1, 0.15) is 23.3 Å². The molecule has 0 radical (unpaired) electrons. The molecular weight excluding hydrogens is 466 g/mol. The van der Waals surface area contributed by atoms with Gasteiger partial charge in [-0.3, -0.25) is 9.36 Å². The lowest BCUT2D eigenvalue weighted by atomic mass is 10.1. The van der Waals surface area contributed by atoms with Gasteiger partial charge in [-0.25, -0.2) is 13.8 Å². The van der Waals surface area contributed by atoms with Gasteiger partial charge in [0, 0.05) is 18.5 Å². The average Bonchev–Trinajstić information content (AvgIpc) is 2.79. The van der Waals surface area contributed by atoms with Crippen molar-refractivity contribution >= 4 is 40.1 Å². The third-order valence-electron chi connectivity index (χ3n) is 5.00. The zero-order valence-electron chi connectivity index (χ0n) is 17.5. The Kier molecular flexibility index (Phi) is 6.25. The minimum Gasteiger partial charge on any atom is -0.382 e. The summed E-state index contributed by atoms with van der Waals surface area (Å²) in [5.74, 6) is 0.229. The average molecular weight is 483 g/mol. The first-order chi connectivity index (χ1) is 16.3. The number of aromatic nitrogens is 4. The van der Waals surface area contributed by atoms with E-state index in [1.165, 1.54) is 28.8 Å². The number of nitrogens with two attached hydrogens (primary N) is 2. The van der Waals surface area contributed by atoms with Crippen LogP contribution in [0.3, 0.4) is 0 Å². The van der Waals surface area contributed by atoms with Gasteiger partial charge in [-0.2, -0.15) is 15.2 Å². The third-order valence-corrected chi connectivity index (χ3v) is 5.32. The van der Waals surface area contributed by atoms with Crippen LogP contribution in [0.15, 0.2) is 47.3 Å². The van der Waals surface area contributed by atoms with Crippen LogP contribution in [-0.2, 0) is 6.42 Å². The van der Waals surface area contributed by atoms with Crippen LogP contribution in [-0.4, -0.2) is 26.1 Å². The first-order valence-electron chi connectivity index (χ1n) is 9.95. The van der Waals surface area contributed by atoms with Gasteiger partial charge >= 0.3 is 0 Å². The molecule has 0 aliphatic rings. The number of rotatable bonds is 6. The highest BCUT2D eigenvalue weighted by molar-refractivity contribution is 6.35. The van der Waals surface area contributed by atoms with E-state index >= 15 is 0 Å². The highest BCUT2D eigenvalue weighted by atomic mass is 35.5. The number of hydrogen-bond acceptors (Lipinski definition) is 8. The Morgan fingerprint density at radius 3 is 2.65 bits per heavy atom. The van der Waals surface area contributed by atoms with Crippen LogP contribution in [0.1, 0.15) is 23.4 Å². The molecule has 2 aromatic carbocycles. The molecule has 0 spiro atoms. The summed E-state index contributed by atoms with van der Waals surface area (Å²) in [6.45, 7) is 0.164. The largest absolute Gasteiger partial charge is 0.382 e. The monoisotopic (exact) mass is 482 g/mol. The normalized spacial score (nSPS) is 11.0. The van der Waals surface area contributed by atoms with E-state index in [1.807, 2.05) is 6.07 Å². The fraction of sp³-hybridized carbons (Fsp3) is 0.136. The van der Waals surface area contributed by atoms with Crippen molar-refractivity contribution in [2.45, 2.75) is 12.8 Å². The predicted molar refractivity (Wildman–Crippen MR) is 125 cm³/mol. The molecule has 0 saturated carbocycles. The van der Waals surface area contributed by atoms with E-state index in [2.05, 4.69) is 20.3 Å². The van der Waals surface area contributed by atoms with E-state index in [1.54, 1.807) is 18.2 Å². The van der Waals surface area contributed by atoms with Crippen LogP contribution < -0.4 is 22.3 Å². The molecule has 34 heavy (non-hydrogen) atoms. The Labute approximate surface area is 196 Å². The molecule has 0 bridgehead atoms. The number of benzene rings is 2. The Balaban J connectivity index is 1.78. The standard InChI is InChI=1S/C22H17ClF2N8O/c23-14-5-2-6-15-17(14)21(34)33(12-4-1-3-11(9-12)18(24)25)16(30-15)7-8-29-20-13(10-26)19(27)31-22(28)32-20/h1-6,9,18H,7-8H2,(H5,27,28,29,31,32). The maximum atomic E-state index is 13.4. The Hall–Kier alpha value is -4.30. The second-order valence-corrected chi connectivity index (χ2v) is 7.58. The van der Waals surface area contributed by atoms with Gasteiger partial charge in [-0.1, -0.05) is 29.8 Å². The topological polar surface area (TPSA) is 149 Å². The number of nitrogens with one attached hydrogen (secondary N) is 1. The Morgan fingerprint density at radius 2 is 1.91 bits per heavy atom. The minimum atomic E-state index is -2.71. The van der Waals surface area contributed by atoms with E-state index in [4.69, 9.17) is 23.1 Å². The minimum absolute atomic E-state index is 0.0227. The molecular formula is C22H17ClF2N8O. The lowest BCUT2D eigenvalue weighted by Crippen LogP contribution is -2.26. The number of nitriles is 1. The van der Waals surface area contributed by atoms with Crippen LogP contribution in [0.4, 0.5) is 26.4 Å². The molecule has 0 atom stereocenters. The van der Waals surface area contributed by atoms with E-state index in [0.717, 1.165) is 0 Å². The molecule has 2 heterocycles. The summed E-state index contributed by atoms with van der Waals surface area (Å²) in [5.41, 5.74) is 11.2. The first-order valence-corrected chi connectivity index (χ1v) is 10.3. The molecule has 0 saturated heterocycles. The van der Waals surface area contributed by atoms with Crippen molar-refractivity contribution in [2.24, 2.45) is 0 Å². The number of fused-ring (bicyclic) bond motifs is 1. The number of hydrogen-bond donors (Lipinski definition) is 3. The number of halogens is 3. The number of alkyl halides is 2. The van der Waals surface area contributed by atoms with Crippen molar-refractivity contribution in [2.75, 3.05) is 23.3 Å². The Morgan fingerprint density at radius 1 is 1.15 bits per heavy atom. The van der Waals surface area contributed by atoms with E-state index in [9.17, 15) is 18.8 Å². The fourth-order valence-corrected chi connectivity index (χ4v) is 3.75. The van der Waals surface area contributed by atoms with Crippen molar-refractivity contribution in [3.05, 3.63) is 74.8 Å². The van der Waals surface area contributed by atoms with Gasteiger partial charge in [0.05, 0.1) is 21.6 Å². The van der Waals surface area contributed by atoms with Gasteiger partial charge < -0.3 is 16.8 Å². The summed E-state index contributed by atoms with van der Waals surface area (Å²) in [4.78, 5) is 25.7. The van der Waals surface area contributed by atoms with Crippen LogP contribution in [0, 0.1) is 11.3 Å². The molecule has 5 N–H and O–H groups in total.